The van der Waals surface area contributed by atoms with E-state index in [4.69, 9.17) is 4.74 Å². The highest BCUT2D eigenvalue weighted by atomic mass is 19.1. The number of anilines is 2. The Morgan fingerprint density at radius 3 is 2.59 bits per heavy atom. The van der Waals surface area contributed by atoms with Crippen molar-refractivity contribution >= 4 is 23.3 Å². The van der Waals surface area contributed by atoms with Gasteiger partial charge in [-0.25, -0.2) is 9.18 Å². The van der Waals surface area contributed by atoms with Crippen molar-refractivity contribution in [1.82, 2.24) is 10.2 Å². The van der Waals surface area contributed by atoms with E-state index in [0.29, 0.717) is 49.5 Å². The quantitative estimate of drug-likeness (QED) is 0.558. The summed E-state index contributed by atoms with van der Waals surface area (Å²) in [5.41, 5.74) is 2.88. The molecule has 2 saturated heterocycles. The number of rotatable bonds is 3. The second-order valence-electron chi connectivity index (χ2n) is 10.1. The standard InChI is InChI=1S/C29H29FN4O3/c1-19-10-11-26-22(16-19)24-18-29(2,37-26)34(28(36)31-24)21-7-5-6-20(17-21)27(35)33-14-12-32(13-15-33)25-9-4-3-8-23(25)30/h3-11,16-17,24H,12-15,18H2,1-2H3,(H,31,36)/t24-,29-/m1/s1. The second kappa shape index (κ2) is 8.80. The van der Waals surface area contributed by atoms with Gasteiger partial charge in [-0.1, -0.05) is 35.9 Å². The molecule has 0 aromatic heterocycles. The number of hydrogen-bond donors (Lipinski definition) is 1. The van der Waals surface area contributed by atoms with E-state index in [2.05, 4.69) is 11.4 Å². The summed E-state index contributed by atoms with van der Waals surface area (Å²) in [5, 5.41) is 3.12. The number of halogens is 1. The number of urea groups is 1. The van der Waals surface area contributed by atoms with Gasteiger partial charge < -0.3 is 19.9 Å². The first-order valence-corrected chi connectivity index (χ1v) is 12.6. The number of nitrogens with one attached hydrogen (secondary N) is 1. The zero-order valence-corrected chi connectivity index (χ0v) is 20.9. The van der Waals surface area contributed by atoms with Gasteiger partial charge in [-0.05, 0) is 50.2 Å². The minimum Gasteiger partial charge on any atom is -0.467 e. The van der Waals surface area contributed by atoms with Crippen LogP contribution in [-0.4, -0.2) is 48.7 Å². The number of nitrogens with zero attached hydrogens (tertiary/aromatic N) is 3. The van der Waals surface area contributed by atoms with Crippen molar-refractivity contribution < 1.29 is 18.7 Å². The van der Waals surface area contributed by atoms with E-state index in [9.17, 15) is 14.0 Å². The Labute approximate surface area is 215 Å². The van der Waals surface area contributed by atoms with Crippen molar-refractivity contribution in [2.75, 3.05) is 36.0 Å². The predicted octanol–water partition coefficient (Wildman–Crippen LogP) is 4.87. The third kappa shape index (κ3) is 4.06. The van der Waals surface area contributed by atoms with Crippen LogP contribution in [0.25, 0.3) is 0 Å². The Kier molecular flexibility index (Phi) is 5.55. The molecule has 3 aromatic rings. The molecule has 1 N–H and O–H groups in total. The number of carbonyl (C=O) groups is 2. The summed E-state index contributed by atoms with van der Waals surface area (Å²) in [4.78, 5) is 32.0. The van der Waals surface area contributed by atoms with Gasteiger partial charge in [-0.15, -0.1) is 0 Å². The molecule has 3 heterocycles. The molecule has 7 nitrogen and oxygen atoms in total. The van der Waals surface area contributed by atoms with E-state index in [1.807, 2.05) is 43.0 Å². The molecule has 2 atom stereocenters. The molecule has 6 rings (SSSR count). The number of carbonyl (C=O) groups excluding carboxylic acids is 2. The fraction of sp³-hybridized carbons (Fsp3) is 0.310. The lowest BCUT2D eigenvalue weighted by Gasteiger charge is -2.50. The van der Waals surface area contributed by atoms with Gasteiger partial charge in [0.25, 0.3) is 5.91 Å². The van der Waals surface area contributed by atoms with Gasteiger partial charge in [0, 0.05) is 43.7 Å². The van der Waals surface area contributed by atoms with Crippen molar-refractivity contribution in [3.05, 3.63) is 89.2 Å². The number of ether oxygens (including phenoxy) is 1. The minimum absolute atomic E-state index is 0.110. The molecule has 2 fully saturated rings. The summed E-state index contributed by atoms with van der Waals surface area (Å²) in [7, 11) is 0. The van der Waals surface area contributed by atoms with Gasteiger partial charge in [0.2, 0.25) is 0 Å². The molecule has 0 unspecified atom stereocenters. The van der Waals surface area contributed by atoms with E-state index in [0.717, 1.165) is 16.9 Å². The van der Waals surface area contributed by atoms with Crippen LogP contribution < -0.4 is 19.9 Å². The van der Waals surface area contributed by atoms with Gasteiger partial charge in [0.15, 0.2) is 5.72 Å². The highest BCUT2D eigenvalue weighted by Crippen LogP contribution is 2.45. The monoisotopic (exact) mass is 500 g/mol. The summed E-state index contributed by atoms with van der Waals surface area (Å²) in [6.45, 7) is 6.01. The first-order valence-electron chi connectivity index (χ1n) is 12.6. The number of benzene rings is 3. The average Bonchev–Trinajstić information content (AvgIpc) is 2.89. The number of fused-ring (bicyclic) bond motifs is 4. The summed E-state index contributed by atoms with van der Waals surface area (Å²) < 4.78 is 20.6. The molecule has 0 aliphatic carbocycles. The number of hydrogen-bond acceptors (Lipinski definition) is 4. The number of aryl methyl sites for hydroxylation is 1. The highest BCUT2D eigenvalue weighted by molar-refractivity contribution is 5.99. The second-order valence-corrected chi connectivity index (χ2v) is 10.1. The van der Waals surface area contributed by atoms with Crippen molar-refractivity contribution in [1.29, 1.82) is 0 Å². The van der Waals surface area contributed by atoms with Crippen molar-refractivity contribution in [2.45, 2.75) is 32.0 Å². The van der Waals surface area contributed by atoms with E-state index < -0.39 is 5.72 Å². The lowest BCUT2D eigenvalue weighted by atomic mass is 9.89. The third-order valence-corrected chi connectivity index (χ3v) is 7.54. The first kappa shape index (κ1) is 23.3. The van der Waals surface area contributed by atoms with Crippen molar-refractivity contribution in [2.24, 2.45) is 0 Å². The van der Waals surface area contributed by atoms with E-state index >= 15 is 0 Å². The average molecular weight is 501 g/mol. The Balaban J connectivity index is 1.21. The van der Waals surface area contributed by atoms with Crippen LogP contribution in [0.15, 0.2) is 66.7 Å². The van der Waals surface area contributed by atoms with Gasteiger partial charge in [0.05, 0.1) is 17.4 Å². The first-order chi connectivity index (χ1) is 17.8. The number of piperazine rings is 1. The van der Waals surface area contributed by atoms with Crippen LogP contribution in [0.5, 0.6) is 5.75 Å². The maximum atomic E-state index is 14.2. The van der Waals surface area contributed by atoms with Gasteiger partial charge >= 0.3 is 6.03 Å². The molecule has 0 saturated carbocycles. The predicted molar refractivity (Wildman–Crippen MR) is 140 cm³/mol. The maximum Gasteiger partial charge on any atom is 0.325 e. The van der Waals surface area contributed by atoms with Crippen LogP contribution in [0.2, 0.25) is 0 Å². The van der Waals surface area contributed by atoms with Crippen molar-refractivity contribution in [3.8, 4) is 5.75 Å². The summed E-state index contributed by atoms with van der Waals surface area (Å²) in [6.07, 6.45) is 0.589. The Hall–Kier alpha value is -4.07. The van der Waals surface area contributed by atoms with Crippen LogP contribution in [0.1, 0.15) is 40.9 Å². The zero-order valence-electron chi connectivity index (χ0n) is 20.9. The Morgan fingerprint density at radius 2 is 1.81 bits per heavy atom. The molecular weight excluding hydrogens is 471 g/mol. The smallest absolute Gasteiger partial charge is 0.325 e. The summed E-state index contributed by atoms with van der Waals surface area (Å²) in [6, 6.07) is 19.5. The lowest BCUT2D eigenvalue weighted by Crippen LogP contribution is -2.65. The van der Waals surface area contributed by atoms with Crippen LogP contribution in [0.4, 0.5) is 20.6 Å². The van der Waals surface area contributed by atoms with Crippen LogP contribution >= 0.6 is 0 Å². The van der Waals surface area contributed by atoms with Crippen LogP contribution in [-0.2, 0) is 0 Å². The molecule has 2 bridgehead atoms. The largest absolute Gasteiger partial charge is 0.467 e. The Bertz CT molecular complexity index is 1390. The third-order valence-electron chi connectivity index (χ3n) is 7.54. The molecule has 0 radical (unpaired) electrons. The van der Waals surface area contributed by atoms with Gasteiger partial charge in [0.1, 0.15) is 11.6 Å². The molecule has 37 heavy (non-hydrogen) atoms. The molecule has 3 aliphatic rings. The number of amides is 3. The molecular formula is C29H29FN4O3. The molecule has 8 heteroatoms. The van der Waals surface area contributed by atoms with Crippen LogP contribution in [0, 0.1) is 12.7 Å². The van der Waals surface area contributed by atoms with E-state index in [1.54, 1.807) is 40.1 Å². The highest BCUT2D eigenvalue weighted by Gasteiger charge is 2.50. The van der Waals surface area contributed by atoms with Crippen molar-refractivity contribution in [3.63, 3.8) is 0 Å². The molecule has 3 amide bonds. The normalized spacial score (nSPS) is 22.7. The maximum absolute atomic E-state index is 14.2. The van der Waals surface area contributed by atoms with E-state index in [-0.39, 0.29) is 23.8 Å². The molecule has 190 valence electrons. The fourth-order valence-electron chi connectivity index (χ4n) is 5.70. The SMILES string of the molecule is Cc1ccc2c(c1)[C@H]1C[C@@](C)(O2)N(c2cccc(C(=O)N3CCN(c4ccccc4F)CC3)c2)C(=O)N1. The molecule has 3 aromatic carbocycles. The van der Waals surface area contributed by atoms with Gasteiger partial charge in [-0.3, -0.25) is 9.69 Å². The fourth-order valence-corrected chi connectivity index (χ4v) is 5.70. The molecule has 0 spiro atoms. The minimum atomic E-state index is -0.887. The molecule has 3 aliphatic heterocycles. The summed E-state index contributed by atoms with van der Waals surface area (Å²) in [5.74, 6) is 0.392. The topological polar surface area (TPSA) is 65.1 Å². The Morgan fingerprint density at radius 1 is 1.03 bits per heavy atom. The number of para-hydroxylation sites is 1. The zero-order chi connectivity index (χ0) is 25.7. The van der Waals surface area contributed by atoms with Crippen LogP contribution in [0.3, 0.4) is 0 Å². The van der Waals surface area contributed by atoms with Gasteiger partial charge in [-0.2, -0.15) is 0 Å². The lowest BCUT2D eigenvalue weighted by molar-refractivity contribution is 0.0377. The van der Waals surface area contributed by atoms with E-state index in [1.165, 1.54) is 6.07 Å². The summed E-state index contributed by atoms with van der Waals surface area (Å²) >= 11 is 0.